The highest BCUT2D eigenvalue weighted by Gasteiger charge is 2.07. The fourth-order valence-electron chi connectivity index (χ4n) is 2.26. The van der Waals surface area contributed by atoms with Gasteiger partial charge in [-0.05, 0) is 11.6 Å². The number of hydrogen-bond acceptors (Lipinski definition) is 3. The van der Waals surface area contributed by atoms with E-state index in [0.29, 0.717) is 6.42 Å². The van der Waals surface area contributed by atoms with E-state index in [0.717, 1.165) is 22.0 Å². The van der Waals surface area contributed by atoms with Gasteiger partial charge < -0.3 is 4.74 Å². The van der Waals surface area contributed by atoms with Crippen LogP contribution in [-0.4, -0.2) is 11.0 Å². The van der Waals surface area contributed by atoms with Crippen LogP contribution < -0.4 is 0 Å². The summed E-state index contributed by atoms with van der Waals surface area (Å²) in [6.45, 7) is 0.250. The number of benzene rings is 2. The van der Waals surface area contributed by atoms with Gasteiger partial charge in [0.2, 0.25) is 0 Å². The molecule has 0 amide bonds. The lowest BCUT2D eigenvalue weighted by Crippen LogP contribution is -2.08. The summed E-state index contributed by atoms with van der Waals surface area (Å²) in [6.07, 6.45) is 2.04. The van der Waals surface area contributed by atoms with Crippen molar-refractivity contribution >= 4 is 16.9 Å². The minimum atomic E-state index is -0.228. The van der Waals surface area contributed by atoms with Crippen molar-refractivity contribution < 1.29 is 9.53 Å². The van der Waals surface area contributed by atoms with E-state index in [4.69, 9.17) is 4.74 Å². The second-order valence-corrected chi connectivity index (χ2v) is 4.82. The summed E-state index contributed by atoms with van der Waals surface area (Å²) >= 11 is 0. The maximum atomic E-state index is 11.9. The molecule has 104 valence electrons. The van der Waals surface area contributed by atoms with Crippen LogP contribution in [0.5, 0.6) is 0 Å². The number of hydrogen-bond donors (Lipinski definition) is 0. The van der Waals surface area contributed by atoms with Gasteiger partial charge in [0.15, 0.2) is 0 Å². The normalized spacial score (nSPS) is 10.5. The van der Waals surface area contributed by atoms with Crippen molar-refractivity contribution in [1.29, 1.82) is 0 Å². The van der Waals surface area contributed by atoms with E-state index < -0.39 is 0 Å². The maximum Gasteiger partial charge on any atom is 0.310 e. The van der Waals surface area contributed by atoms with Crippen molar-refractivity contribution in [3.63, 3.8) is 0 Å². The van der Waals surface area contributed by atoms with Crippen LogP contribution in [0.3, 0.4) is 0 Å². The molecule has 2 aromatic carbocycles. The second-order valence-electron chi connectivity index (χ2n) is 4.82. The number of fused-ring (bicyclic) bond motifs is 1. The SMILES string of the molecule is O=C(Cc1ccccc1)OCc1cccc2cccnc12. The molecule has 0 aliphatic carbocycles. The molecule has 3 nitrogen and oxygen atoms in total. The van der Waals surface area contributed by atoms with Crippen molar-refractivity contribution in [3.05, 3.63) is 78.0 Å². The zero-order chi connectivity index (χ0) is 14.5. The largest absolute Gasteiger partial charge is 0.460 e. The molecule has 0 atom stereocenters. The number of carbonyl (C=O) groups is 1. The number of nitrogens with zero attached hydrogens (tertiary/aromatic N) is 1. The average Bonchev–Trinajstić information content (AvgIpc) is 2.54. The number of carbonyl (C=O) groups excluding carboxylic acids is 1. The average molecular weight is 277 g/mol. The molecule has 0 N–H and O–H groups in total. The first kappa shape index (κ1) is 13.3. The number of pyridine rings is 1. The maximum absolute atomic E-state index is 11.9. The second kappa shape index (κ2) is 6.18. The standard InChI is InChI=1S/C18H15NO2/c20-17(12-14-6-2-1-3-7-14)21-13-16-9-4-8-15-10-5-11-19-18(15)16/h1-11H,12-13H2. The van der Waals surface area contributed by atoms with Crippen molar-refractivity contribution in [2.24, 2.45) is 0 Å². The number of rotatable bonds is 4. The minimum absolute atomic E-state index is 0.228. The predicted molar refractivity (Wildman–Crippen MR) is 81.7 cm³/mol. The van der Waals surface area contributed by atoms with Crippen LogP contribution in [0, 0.1) is 0 Å². The summed E-state index contributed by atoms with van der Waals surface area (Å²) in [7, 11) is 0. The molecule has 0 bridgehead atoms. The molecule has 0 saturated carbocycles. The van der Waals surface area contributed by atoms with Crippen LogP contribution in [0.15, 0.2) is 66.9 Å². The van der Waals surface area contributed by atoms with Crippen molar-refractivity contribution in [1.82, 2.24) is 4.98 Å². The van der Waals surface area contributed by atoms with Crippen molar-refractivity contribution in [3.8, 4) is 0 Å². The number of para-hydroxylation sites is 1. The number of esters is 1. The van der Waals surface area contributed by atoms with Crippen molar-refractivity contribution in [2.75, 3.05) is 0 Å². The summed E-state index contributed by atoms with van der Waals surface area (Å²) in [5.74, 6) is -0.228. The Morgan fingerprint density at radius 1 is 0.952 bits per heavy atom. The zero-order valence-electron chi connectivity index (χ0n) is 11.5. The monoisotopic (exact) mass is 277 g/mol. The van der Waals surface area contributed by atoms with Gasteiger partial charge >= 0.3 is 5.97 Å². The van der Waals surface area contributed by atoms with Crippen molar-refractivity contribution in [2.45, 2.75) is 13.0 Å². The third-order valence-electron chi connectivity index (χ3n) is 3.30. The Morgan fingerprint density at radius 2 is 1.76 bits per heavy atom. The number of aromatic nitrogens is 1. The molecule has 1 aromatic heterocycles. The molecule has 0 radical (unpaired) electrons. The Hall–Kier alpha value is -2.68. The van der Waals surface area contributed by atoms with Gasteiger partial charge in [-0.2, -0.15) is 0 Å². The van der Waals surface area contributed by atoms with Gasteiger partial charge in [0, 0.05) is 17.1 Å². The highest BCUT2D eigenvalue weighted by Crippen LogP contribution is 2.16. The van der Waals surface area contributed by atoms with E-state index in [1.807, 2.05) is 60.7 Å². The van der Waals surface area contributed by atoms with E-state index in [-0.39, 0.29) is 12.6 Å². The molecule has 0 aliphatic rings. The van der Waals surface area contributed by atoms with Gasteiger partial charge in [-0.25, -0.2) is 0 Å². The summed E-state index contributed by atoms with van der Waals surface area (Å²) < 4.78 is 5.36. The van der Waals surface area contributed by atoms with E-state index in [1.165, 1.54) is 0 Å². The molecular formula is C18H15NO2. The molecular weight excluding hydrogens is 262 g/mol. The summed E-state index contributed by atoms with van der Waals surface area (Å²) in [5.41, 5.74) is 2.76. The molecule has 3 aromatic rings. The first-order chi connectivity index (χ1) is 10.3. The Morgan fingerprint density at radius 3 is 2.62 bits per heavy atom. The zero-order valence-corrected chi connectivity index (χ0v) is 11.5. The Labute approximate surface area is 123 Å². The molecule has 0 saturated heterocycles. The van der Waals surface area contributed by atoms with Crippen LogP contribution in [-0.2, 0) is 22.6 Å². The van der Waals surface area contributed by atoms with E-state index >= 15 is 0 Å². The third kappa shape index (κ3) is 3.26. The number of ether oxygens (including phenoxy) is 1. The molecule has 0 aliphatic heterocycles. The first-order valence-electron chi connectivity index (χ1n) is 6.85. The van der Waals surface area contributed by atoms with E-state index in [2.05, 4.69) is 4.98 Å². The van der Waals surface area contributed by atoms with Gasteiger partial charge in [-0.15, -0.1) is 0 Å². The molecule has 0 spiro atoms. The Bertz CT molecular complexity index is 748. The molecule has 0 unspecified atom stereocenters. The fraction of sp³-hybridized carbons (Fsp3) is 0.111. The van der Waals surface area contributed by atoms with Crippen LogP contribution in [0.4, 0.5) is 0 Å². The van der Waals surface area contributed by atoms with Crippen LogP contribution in [0.1, 0.15) is 11.1 Å². The first-order valence-corrected chi connectivity index (χ1v) is 6.85. The molecule has 3 rings (SSSR count). The predicted octanol–water partition coefficient (Wildman–Crippen LogP) is 3.52. The van der Waals surface area contributed by atoms with Gasteiger partial charge in [0.05, 0.1) is 11.9 Å². The lowest BCUT2D eigenvalue weighted by molar-refractivity contribution is -0.144. The highest BCUT2D eigenvalue weighted by molar-refractivity contribution is 5.81. The van der Waals surface area contributed by atoms with E-state index in [9.17, 15) is 4.79 Å². The van der Waals surface area contributed by atoms with Gasteiger partial charge in [0.1, 0.15) is 6.61 Å². The Kier molecular flexibility index (Phi) is 3.92. The van der Waals surface area contributed by atoms with Crippen LogP contribution in [0.2, 0.25) is 0 Å². The van der Waals surface area contributed by atoms with E-state index in [1.54, 1.807) is 6.20 Å². The summed E-state index contributed by atoms with van der Waals surface area (Å²) in [6, 6.07) is 19.4. The van der Waals surface area contributed by atoms with Gasteiger partial charge in [-0.3, -0.25) is 9.78 Å². The summed E-state index contributed by atoms with van der Waals surface area (Å²) in [4.78, 5) is 16.2. The molecule has 21 heavy (non-hydrogen) atoms. The van der Waals surface area contributed by atoms with Crippen LogP contribution in [0.25, 0.3) is 10.9 Å². The lowest BCUT2D eigenvalue weighted by atomic mass is 10.1. The molecule has 1 heterocycles. The topological polar surface area (TPSA) is 39.2 Å². The molecule has 0 fully saturated rings. The lowest BCUT2D eigenvalue weighted by Gasteiger charge is -2.07. The minimum Gasteiger partial charge on any atom is -0.460 e. The molecule has 3 heteroatoms. The highest BCUT2D eigenvalue weighted by atomic mass is 16.5. The third-order valence-corrected chi connectivity index (χ3v) is 3.30. The van der Waals surface area contributed by atoms with Crippen LogP contribution >= 0.6 is 0 Å². The Balaban J connectivity index is 1.68. The van der Waals surface area contributed by atoms with Gasteiger partial charge in [0.25, 0.3) is 0 Å². The fourth-order valence-corrected chi connectivity index (χ4v) is 2.26. The van der Waals surface area contributed by atoms with Gasteiger partial charge in [-0.1, -0.05) is 54.6 Å². The quantitative estimate of drug-likeness (QED) is 0.685. The summed E-state index contributed by atoms with van der Waals surface area (Å²) in [5, 5.41) is 1.05. The smallest absolute Gasteiger partial charge is 0.310 e.